The van der Waals surface area contributed by atoms with Gasteiger partial charge in [-0.3, -0.25) is 9.59 Å². The highest BCUT2D eigenvalue weighted by molar-refractivity contribution is 5.96. The molecule has 0 unspecified atom stereocenters. The van der Waals surface area contributed by atoms with Crippen LogP contribution in [0, 0.1) is 0 Å². The van der Waals surface area contributed by atoms with Crippen LogP contribution in [0.4, 0.5) is 0 Å². The summed E-state index contributed by atoms with van der Waals surface area (Å²) in [5.41, 5.74) is 0.905. The second kappa shape index (κ2) is 5.77. The Morgan fingerprint density at radius 1 is 1.37 bits per heavy atom. The summed E-state index contributed by atoms with van der Waals surface area (Å²) in [5.74, 6) is -0.577. The number of likely N-dealkylation sites (N-methyl/N-ethyl adjacent to an activating group) is 1. The van der Waals surface area contributed by atoms with Crippen molar-refractivity contribution in [1.29, 1.82) is 0 Å². The number of allylic oxidation sites excluding steroid dienone is 1. The average Bonchev–Trinajstić information content (AvgIpc) is 2.98. The van der Waals surface area contributed by atoms with Crippen molar-refractivity contribution in [2.24, 2.45) is 0 Å². The van der Waals surface area contributed by atoms with Crippen molar-refractivity contribution in [3.63, 3.8) is 0 Å². The van der Waals surface area contributed by atoms with Gasteiger partial charge in [-0.2, -0.15) is 0 Å². The second-order valence-corrected chi connectivity index (χ2v) is 3.74. The van der Waals surface area contributed by atoms with Gasteiger partial charge in [-0.1, -0.05) is 30.3 Å². The van der Waals surface area contributed by atoms with Gasteiger partial charge in [0.1, 0.15) is 6.26 Å². The van der Waals surface area contributed by atoms with Gasteiger partial charge in [0.2, 0.25) is 0 Å². The van der Waals surface area contributed by atoms with Crippen molar-refractivity contribution in [3.8, 4) is 0 Å². The number of amides is 1. The molecule has 2 aromatic rings. The van der Waals surface area contributed by atoms with Crippen LogP contribution in [-0.2, 0) is 4.79 Å². The van der Waals surface area contributed by atoms with Crippen molar-refractivity contribution in [1.82, 2.24) is 9.88 Å². The first-order valence-corrected chi connectivity index (χ1v) is 5.55. The van der Waals surface area contributed by atoms with Crippen LogP contribution in [0.2, 0.25) is 0 Å². The van der Waals surface area contributed by atoms with Gasteiger partial charge in [0.15, 0.2) is 0 Å². The Morgan fingerprint density at radius 3 is 2.68 bits per heavy atom. The summed E-state index contributed by atoms with van der Waals surface area (Å²) in [4.78, 5) is 27.8. The van der Waals surface area contributed by atoms with Crippen molar-refractivity contribution in [2.75, 3.05) is 7.05 Å². The van der Waals surface area contributed by atoms with E-state index in [1.807, 2.05) is 30.3 Å². The predicted molar refractivity (Wildman–Crippen MR) is 68.7 cm³/mol. The average molecular weight is 255 g/mol. The number of nitrogens with zero attached hydrogens (tertiary/aromatic N) is 2. The minimum atomic E-state index is -0.504. The molecular weight excluding hydrogens is 244 g/mol. The smallest absolute Gasteiger partial charge is 0.313 e. The Balaban J connectivity index is 2.25. The molecule has 0 saturated heterocycles. The molecule has 1 amide bonds. The molecule has 0 aliphatic rings. The van der Waals surface area contributed by atoms with E-state index in [-0.39, 0.29) is 11.6 Å². The van der Waals surface area contributed by atoms with Crippen molar-refractivity contribution in [3.05, 3.63) is 59.9 Å². The van der Waals surface area contributed by atoms with Crippen LogP contribution in [0.25, 0.3) is 6.08 Å². The van der Waals surface area contributed by atoms with Crippen molar-refractivity contribution in [2.45, 2.75) is 0 Å². The largest absolute Gasteiger partial charge is 0.441 e. The number of aromatic nitrogens is 1. The maximum Gasteiger partial charge on any atom is 0.313 e. The Labute approximate surface area is 110 Å². The summed E-state index contributed by atoms with van der Waals surface area (Å²) in [7, 11) is 1.46. The van der Waals surface area contributed by atoms with Gasteiger partial charge in [-0.15, -0.1) is 0 Å². The van der Waals surface area contributed by atoms with Crippen LogP contribution in [0.3, 0.4) is 0 Å². The molecule has 1 radical (unpaired) electrons. The summed E-state index contributed by atoms with van der Waals surface area (Å²) in [6.07, 6.45) is 5.97. The second-order valence-electron chi connectivity index (χ2n) is 3.74. The van der Waals surface area contributed by atoms with Crippen LogP contribution in [-0.4, -0.2) is 29.1 Å². The third-order valence-corrected chi connectivity index (χ3v) is 2.49. The van der Waals surface area contributed by atoms with Crippen LogP contribution < -0.4 is 0 Å². The zero-order chi connectivity index (χ0) is 13.7. The van der Waals surface area contributed by atoms with E-state index in [0.717, 1.165) is 10.5 Å². The third-order valence-electron chi connectivity index (χ3n) is 2.49. The van der Waals surface area contributed by atoms with E-state index in [9.17, 15) is 9.59 Å². The molecular formula is C14H11N2O3. The summed E-state index contributed by atoms with van der Waals surface area (Å²) in [6, 6.07) is 9.18. The summed E-state index contributed by atoms with van der Waals surface area (Å²) < 4.78 is 4.90. The van der Waals surface area contributed by atoms with E-state index < -0.39 is 5.91 Å². The lowest BCUT2D eigenvalue weighted by Gasteiger charge is -2.13. The van der Waals surface area contributed by atoms with Gasteiger partial charge in [-0.05, 0) is 11.6 Å². The van der Waals surface area contributed by atoms with Gasteiger partial charge in [-0.25, -0.2) is 4.98 Å². The number of hydrogen-bond donors (Lipinski definition) is 0. The molecule has 0 aliphatic heterocycles. The lowest BCUT2D eigenvalue weighted by molar-refractivity contribution is 0.0805. The molecule has 2 rings (SSSR count). The molecule has 95 valence electrons. The standard InChI is InChI=1S/C14H11N2O3/c1-16(14(18)13-15-7-8-19-13)12(10-17)9-11-5-3-2-4-6-11/h2-9H,1H3. The molecule has 0 spiro atoms. The van der Waals surface area contributed by atoms with Gasteiger partial charge >= 0.3 is 5.91 Å². The Morgan fingerprint density at radius 2 is 2.11 bits per heavy atom. The maximum absolute atomic E-state index is 11.9. The molecule has 0 aliphatic carbocycles. The fourth-order valence-corrected chi connectivity index (χ4v) is 1.48. The lowest BCUT2D eigenvalue weighted by atomic mass is 10.2. The summed E-state index contributed by atoms with van der Waals surface area (Å²) in [6.45, 7) is 0. The maximum atomic E-state index is 11.9. The highest BCUT2D eigenvalue weighted by Gasteiger charge is 2.19. The molecule has 0 bridgehead atoms. The minimum absolute atomic E-state index is 0.0725. The molecule has 1 heterocycles. The SMILES string of the molecule is CN(C(=O)c1ncco1)C([C]=O)=Cc1ccccc1. The molecule has 1 aromatic heterocycles. The zero-order valence-corrected chi connectivity index (χ0v) is 10.2. The third kappa shape index (κ3) is 2.95. The topological polar surface area (TPSA) is 63.4 Å². The van der Waals surface area contributed by atoms with Crippen LogP contribution >= 0.6 is 0 Å². The fraction of sp³-hybridized carbons (Fsp3) is 0.0714. The highest BCUT2D eigenvalue weighted by atomic mass is 16.4. The molecule has 5 heteroatoms. The van der Waals surface area contributed by atoms with E-state index in [0.29, 0.717) is 0 Å². The molecule has 1 aromatic carbocycles. The van der Waals surface area contributed by atoms with E-state index in [1.54, 1.807) is 12.4 Å². The Hall–Kier alpha value is -2.69. The Kier molecular flexibility index (Phi) is 3.87. The van der Waals surface area contributed by atoms with Crippen LogP contribution in [0.1, 0.15) is 16.2 Å². The highest BCUT2D eigenvalue weighted by Crippen LogP contribution is 2.10. The first-order chi connectivity index (χ1) is 9.22. The van der Waals surface area contributed by atoms with E-state index >= 15 is 0 Å². The monoisotopic (exact) mass is 255 g/mol. The molecule has 0 fully saturated rings. The number of benzene rings is 1. The lowest BCUT2D eigenvalue weighted by Crippen LogP contribution is -2.27. The number of carbonyl (C=O) groups is 1. The molecule has 19 heavy (non-hydrogen) atoms. The molecule has 0 saturated carbocycles. The molecule has 0 N–H and O–H groups in total. The number of carbonyl (C=O) groups excluding carboxylic acids is 2. The van der Waals surface area contributed by atoms with Gasteiger partial charge < -0.3 is 9.32 Å². The van der Waals surface area contributed by atoms with Crippen molar-refractivity contribution < 1.29 is 14.0 Å². The van der Waals surface area contributed by atoms with Crippen molar-refractivity contribution >= 4 is 18.3 Å². The first-order valence-electron chi connectivity index (χ1n) is 5.55. The molecule has 0 atom stereocenters. The predicted octanol–water partition coefficient (Wildman–Crippen LogP) is 1.90. The van der Waals surface area contributed by atoms with E-state index in [2.05, 4.69) is 4.98 Å². The van der Waals surface area contributed by atoms with Gasteiger partial charge in [0, 0.05) is 7.05 Å². The van der Waals surface area contributed by atoms with Gasteiger partial charge in [0.25, 0.3) is 12.2 Å². The summed E-state index contributed by atoms with van der Waals surface area (Å²) in [5, 5.41) is 0. The zero-order valence-electron chi connectivity index (χ0n) is 10.2. The number of oxazole rings is 1. The van der Waals surface area contributed by atoms with Crippen LogP contribution in [0.15, 0.2) is 52.9 Å². The Bertz CT molecular complexity index is 588. The number of hydrogen-bond acceptors (Lipinski definition) is 4. The van der Waals surface area contributed by atoms with E-state index in [1.165, 1.54) is 19.5 Å². The quantitative estimate of drug-likeness (QED) is 0.783. The van der Waals surface area contributed by atoms with E-state index in [4.69, 9.17) is 4.42 Å². The number of rotatable bonds is 4. The first kappa shape index (κ1) is 12.8. The minimum Gasteiger partial charge on any atom is -0.441 e. The summed E-state index contributed by atoms with van der Waals surface area (Å²) >= 11 is 0. The molecule has 5 nitrogen and oxygen atoms in total. The normalized spacial score (nSPS) is 11.1. The van der Waals surface area contributed by atoms with Gasteiger partial charge in [0.05, 0.1) is 11.9 Å². The van der Waals surface area contributed by atoms with Crippen LogP contribution in [0.5, 0.6) is 0 Å². The fourth-order valence-electron chi connectivity index (χ4n) is 1.48.